The van der Waals surface area contributed by atoms with E-state index < -0.39 is 0 Å². The molecule has 3 aliphatic rings. The number of benzene rings is 2. The molecule has 2 aliphatic heterocycles. The van der Waals surface area contributed by atoms with E-state index in [1.165, 1.54) is 50.0 Å². The summed E-state index contributed by atoms with van der Waals surface area (Å²) in [5.41, 5.74) is 4.43. The van der Waals surface area contributed by atoms with E-state index in [2.05, 4.69) is 29.2 Å². The molecule has 2 heterocycles. The number of nitriles is 1. The smallest absolute Gasteiger partial charge is 0.123 e. The minimum Gasteiger partial charge on any atom is -0.487 e. The molecule has 0 amide bonds. The number of likely N-dealkylation sites (tertiary alicyclic amines) is 1. The molecule has 0 unspecified atom stereocenters. The summed E-state index contributed by atoms with van der Waals surface area (Å²) in [6.45, 7) is 3.64. The lowest BCUT2D eigenvalue weighted by atomic mass is 9.83. The van der Waals surface area contributed by atoms with E-state index in [-0.39, 0.29) is 5.60 Å². The Labute approximate surface area is 161 Å². The average molecular weight is 358 g/mol. The molecule has 27 heavy (non-hydrogen) atoms. The monoisotopic (exact) mass is 358 g/mol. The van der Waals surface area contributed by atoms with Gasteiger partial charge in [-0.1, -0.05) is 24.6 Å². The summed E-state index contributed by atoms with van der Waals surface area (Å²) in [5.74, 6) is 2.02. The SMILES string of the molecule is N#Cc1ccc(-c2ccc3c(c2)CC2(CCN(CC4CCC4)CC2)O3)cc1. The van der Waals surface area contributed by atoms with Gasteiger partial charge in [-0.2, -0.15) is 5.26 Å². The van der Waals surface area contributed by atoms with Gasteiger partial charge in [0, 0.05) is 38.9 Å². The number of piperidine rings is 1. The molecule has 2 fully saturated rings. The van der Waals surface area contributed by atoms with Gasteiger partial charge < -0.3 is 9.64 Å². The molecule has 138 valence electrons. The highest BCUT2D eigenvalue weighted by Gasteiger charge is 2.42. The zero-order valence-corrected chi connectivity index (χ0v) is 15.8. The molecule has 5 rings (SSSR count). The Morgan fingerprint density at radius 1 is 1.04 bits per heavy atom. The number of nitrogens with zero attached hydrogens (tertiary/aromatic N) is 2. The average Bonchev–Trinajstić information content (AvgIpc) is 3.03. The van der Waals surface area contributed by atoms with Gasteiger partial charge >= 0.3 is 0 Å². The standard InChI is InChI=1S/C24H26N2O/c25-16-18-4-6-20(7-5-18)21-8-9-23-22(14-21)15-24(27-23)10-12-26(13-11-24)17-19-2-1-3-19/h4-9,14,19H,1-3,10-13,15,17H2. The zero-order valence-electron chi connectivity index (χ0n) is 15.8. The van der Waals surface area contributed by atoms with E-state index in [1.807, 2.05) is 24.3 Å². The van der Waals surface area contributed by atoms with Crippen LogP contribution in [0.4, 0.5) is 0 Å². The topological polar surface area (TPSA) is 36.3 Å². The van der Waals surface area contributed by atoms with Gasteiger partial charge in [-0.15, -0.1) is 0 Å². The van der Waals surface area contributed by atoms with Gasteiger partial charge in [0.2, 0.25) is 0 Å². The molecule has 0 atom stereocenters. The summed E-state index contributed by atoms with van der Waals surface area (Å²) in [4.78, 5) is 2.66. The Bertz CT molecular complexity index is 868. The van der Waals surface area contributed by atoms with Crippen molar-refractivity contribution in [2.75, 3.05) is 19.6 Å². The van der Waals surface area contributed by atoms with Crippen LogP contribution >= 0.6 is 0 Å². The highest BCUT2D eigenvalue weighted by atomic mass is 16.5. The first-order chi connectivity index (χ1) is 13.2. The highest BCUT2D eigenvalue weighted by Crippen LogP contribution is 2.43. The van der Waals surface area contributed by atoms with Gasteiger partial charge in [-0.05, 0) is 59.7 Å². The maximum Gasteiger partial charge on any atom is 0.123 e. The van der Waals surface area contributed by atoms with E-state index >= 15 is 0 Å². The van der Waals surface area contributed by atoms with Crippen molar-refractivity contribution in [3.8, 4) is 22.9 Å². The molecule has 2 aromatic rings. The van der Waals surface area contributed by atoms with Crippen molar-refractivity contribution >= 4 is 0 Å². The number of hydrogen-bond donors (Lipinski definition) is 0. The van der Waals surface area contributed by atoms with Crippen molar-refractivity contribution in [1.82, 2.24) is 4.90 Å². The Morgan fingerprint density at radius 2 is 1.78 bits per heavy atom. The van der Waals surface area contributed by atoms with Crippen LogP contribution in [0.1, 0.15) is 43.2 Å². The molecule has 0 radical (unpaired) electrons. The van der Waals surface area contributed by atoms with Crippen LogP contribution in [-0.4, -0.2) is 30.1 Å². The lowest BCUT2D eigenvalue weighted by molar-refractivity contribution is 0.0109. The van der Waals surface area contributed by atoms with Crippen molar-refractivity contribution in [3.05, 3.63) is 53.6 Å². The second kappa shape index (κ2) is 6.69. The second-order valence-electron chi connectivity index (χ2n) is 8.57. The predicted octanol–water partition coefficient (Wildman–Crippen LogP) is 4.79. The minimum absolute atomic E-state index is 0.0156. The molecule has 3 nitrogen and oxygen atoms in total. The molecular formula is C24H26N2O. The van der Waals surface area contributed by atoms with Gasteiger partial charge in [-0.25, -0.2) is 0 Å². The Hall–Kier alpha value is -2.31. The summed E-state index contributed by atoms with van der Waals surface area (Å²) in [5, 5.41) is 8.98. The fourth-order valence-electron chi connectivity index (χ4n) is 4.81. The van der Waals surface area contributed by atoms with Crippen LogP contribution in [0, 0.1) is 17.2 Å². The maximum atomic E-state index is 8.98. The lowest BCUT2D eigenvalue weighted by Crippen LogP contribution is -2.48. The van der Waals surface area contributed by atoms with E-state index in [1.54, 1.807) is 0 Å². The molecule has 1 saturated heterocycles. The van der Waals surface area contributed by atoms with Crippen LogP contribution in [0.5, 0.6) is 5.75 Å². The van der Waals surface area contributed by atoms with Gasteiger partial charge in [0.05, 0.1) is 11.6 Å². The fourth-order valence-corrected chi connectivity index (χ4v) is 4.81. The number of fused-ring (bicyclic) bond motifs is 1. The Morgan fingerprint density at radius 3 is 2.44 bits per heavy atom. The lowest BCUT2D eigenvalue weighted by Gasteiger charge is -2.41. The van der Waals surface area contributed by atoms with E-state index in [4.69, 9.17) is 10.00 Å². The third kappa shape index (κ3) is 3.24. The highest BCUT2D eigenvalue weighted by molar-refractivity contribution is 5.67. The molecule has 0 aromatic heterocycles. The van der Waals surface area contributed by atoms with Gasteiger partial charge in [-0.3, -0.25) is 0 Å². The first kappa shape index (κ1) is 16.8. The van der Waals surface area contributed by atoms with E-state index in [0.717, 1.165) is 36.5 Å². The first-order valence-corrected chi connectivity index (χ1v) is 10.3. The van der Waals surface area contributed by atoms with Gasteiger partial charge in [0.25, 0.3) is 0 Å². The van der Waals surface area contributed by atoms with Crippen LogP contribution in [0.2, 0.25) is 0 Å². The summed E-state index contributed by atoms with van der Waals surface area (Å²) in [6, 6.07) is 16.6. The second-order valence-corrected chi connectivity index (χ2v) is 8.57. The third-order valence-corrected chi connectivity index (χ3v) is 6.76. The van der Waals surface area contributed by atoms with Crippen LogP contribution in [0.3, 0.4) is 0 Å². The van der Waals surface area contributed by atoms with Crippen molar-refractivity contribution in [2.24, 2.45) is 5.92 Å². The fraction of sp³-hybridized carbons (Fsp3) is 0.458. The molecular weight excluding hydrogens is 332 g/mol. The van der Waals surface area contributed by atoms with Crippen LogP contribution in [0.15, 0.2) is 42.5 Å². The largest absolute Gasteiger partial charge is 0.487 e. The maximum absolute atomic E-state index is 8.98. The molecule has 0 N–H and O–H groups in total. The quantitative estimate of drug-likeness (QED) is 0.791. The number of ether oxygens (including phenoxy) is 1. The predicted molar refractivity (Wildman–Crippen MR) is 107 cm³/mol. The van der Waals surface area contributed by atoms with Crippen LogP contribution in [-0.2, 0) is 6.42 Å². The molecule has 1 spiro atoms. The zero-order chi connectivity index (χ0) is 18.3. The van der Waals surface area contributed by atoms with Crippen molar-refractivity contribution < 1.29 is 4.74 Å². The molecule has 1 aliphatic carbocycles. The molecule has 3 heteroatoms. The summed E-state index contributed by atoms with van der Waals surface area (Å²) >= 11 is 0. The van der Waals surface area contributed by atoms with Gasteiger partial charge in [0.15, 0.2) is 0 Å². The normalized spacial score (nSPS) is 21.3. The van der Waals surface area contributed by atoms with Crippen LogP contribution in [0.25, 0.3) is 11.1 Å². The van der Waals surface area contributed by atoms with Crippen LogP contribution < -0.4 is 4.74 Å². The number of hydrogen-bond acceptors (Lipinski definition) is 3. The Kier molecular flexibility index (Phi) is 4.17. The van der Waals surface area contributed by atoms with Gasteiger partial charge in [0.1, 0.15) is 11.4 Å². The number of rotatable bonds is 3. The van der Waals surface area contributed by atoms with E-state index in [0.29, 0.717) is 5.56 Å². The van der Waals surface area contributed by atoms with Crippen molar-refractivity contribution in [1.29, 1.82) is 5.26 Å². The van der Waals surface area contributed by atoms with Crippen molar-refractivity contribution in [2.45, 2.75) is 44.1 Å². The van der Waals surface area contributed by atoms with E-state index in [9.17, 15) is 0 Å². The third-order valence-electron chi connectivity index (χ3n) is 6.76. The molecule has 0 bridgehead atoms. The summed E-state index contributed by atoms with van der Waals surface area (Å²) < 4.78 is 6.49. The summed E-state index contributed by atoms with van der Waals surface area (Å²) in [7, 11) is 0. The summed E-state index contributed by atoms with van der Waals surface area (Å²) in [6.07, 6.45) is 7.61. The first-order valence-electron chi connectivity index (χ1n) is 10.3. The molecule has 1 saturated carbocycles. The molecule has 2 aromatic carbocycles. The van der Waals surface area contributed by atoms with Crippen molar-refractivity contribution in [3.63, 3.8) is 0 Å². The minimum atomic E-state index is 0.0156. The Balaban J connectivity index is 1.28.